The maximum Gasteiger partial charge on any atom is 0.413 e. The molecule has 7 nitrogen and oxygen atoms in total. The molecule has 0 saturated carbocycles. The highest BCUT2D eigenvalue weighted by molar-refractivity contribution is 5.86. The summed E-state index contributed by atoms with van der Waals surface area (Å²) in [5.41, 5.74) is 0.487. The second kappa shape index (κ2) is 6.74. The number of anilines is 2. The van der Waals surface area contributed by atoms with Gasteiger partial charge in [0, 0.05) is 24.8 Å². The van der Waals surface area contributed by atoms with Gasteiger partial charge in [-0.15, -0.1) is 0 Å². The minimum absolute atomic E-state index is 0.259. The molecule has 0 aliphatic carbocycles. The average Bonchev–Trinajstić information content (AvgIpc) is 2.45. The van der Waals surface area contributed by atoms with E-state index >= 15 is 0 Å². The van der Waals surface area contributed by atoms with Gasteiger partial charge in [0.05, 0.1) is 13.2 Å². The summed E-state index contributed by atoms with van der Waals surface area (Å²) in [4.78, 5) is 29.0. The molecule has 120 valence electrons. The van der Waals surface area contributed by atoms with Crippen LogP contribution in [0.25, 0.3) is 0 Å². The van der Waals surface area contributed by atoms with Crippen molar-refractivity contribution in [3.63, 3.8) is 0 Å². The van der Waals surface area contributed by atoms with Crippen LogP contribution in [0, 0.1) is 0 Å². The lowest BCUT2D eigenvalue weighted by atomic mass is 10.2. The van der Waals surface area contributed by atoms with Crippen LogP contribution in [0.2, 0.25) is 0 Å². The van der Waals surface area contributed by atoms with Gasteiger partial charge in [-0.05, 0) is 26.8 Å². The molecule has 1 aromatic heterocycles. The second-order valence-electron chi connectivity index (χ2n) is 5.98. The molecule has 1 aliphatic heterocycles. The molecule has 0 unspecified atom stereocenters. The van der Waals surface area contributed by atoms with Crippen LogP contribution in [0.3, 0.4) is 0 Å². The Bertz CT molecular complexity index is 548. The number of amides is 1. The summed E-state index contributed by atoms with van der Waals surface area (Å²) < 4.78 is 10.5. The summed E-state index contributed by atoms with van der Waals surface area (Å²) >= 11 is 0. The molecular weight excluding hydrogens is 286 g/mol. The fourth-order valence-electron chi connectivity index (χ4n) is 2.07. The molecule has 1 fully saturated rings. The fraction of sp³-hybridized carbons (Fsp3) is 0.533. The molecule has 22 heavy (non-hydrogen) atoms. The van der Waals surface area contributed by atoms with E-state index in [1.54, 1.807) is 32.9 Å². The number of ether oxygens (including phenoxy) is 2. The van der Waals surface area contributed by atoms with Gasteiger partial charge in [0.15, 0.2) is 6.29 Å². The molecule has 1 aromatic rings. The first-order valence-corrected chi connectivity index (χ1v) is 7.17. The van der Waals surface area contributed by atoms with Crippen molar-refractivity contribution < 1.29 is 19.1 Å². The minimum atomic E-state index is -0.601. The summed E-state index contributed by atoms with van der Waals surface area (Å²) in [7, 11) is 0. The van der Waals surface area contributed by atoms with Crippen molar-refractivity contribution >= 4 is 23.9 Å². The molecule has 1 saturated heterocycles. The van der Waals surface area contributed by atoms with E-state index < -0.39 is 11.7 Å². The highest BCUT2D eigenvalue weighted by Gasteiger charge is 2.18. The van der Waals surface area contributed by atoms with Gasteiger partial charge >= 0.3 is 6.09 Å². The third kappa shape index (κ3) is 4.70. The van der Waals surface area contributed by atoms with Gasteiger partial charge in [-0.25, -0.2) is 9.78 Å². The lowest BCUT2D eigenvalue weighted by Crippen LogP contribution is -2.36. The van der Waals surface area contributed by atoms with Gasteiger partial charge in [-0.3, -0.25) is 10.1 Å². The number of aldehydes is 1. The van der Waals surface area contributed by atoms with Crippen LogP contribution >= 0.6 is 0 Å². The SMILES string of the molecule is CC(C)(C)OC(=O)Nc1cc(N2CCOCC2)cc(C=O)n1. The topological polar surface area (TPSA) is 80.8 Å². The zero-order valence-corrected chi connectivity index (χ0v) is 13.1. The number of rotatable bonds is 3. The highest BCUT2D eigenvalue weighted by Crippen LogP contribution is 2.21. The minimum Gasteiger partial charge on any atom is -0.444 e. The molecule has 0 bridgehead atoms. The lowest BCUT2D eigenvalue weighted by molar-refractivity contribution is 0.0635. The van der Waals surface area contributed by atoms with Crippen molar-refractivity contribution in [1.82, 2.24) is 4.98 Å². The number of pyridine rings is 1. The van der Waals surface area contributed by atoms with Crippen molar-refractivity contribution in [2.75, 3.05) is 36.5 Å². The van der Waals surface area contributed by atoms with Gasteiger partial charge in [0.25, 0.3) is 0 Å². The Balaban J connectivity index is 2.16. The van der Waals surface area contributed by atoms with E-state index in [0.717, 1.165) is 18.8 Å². The third-order valence-corrected chi connectivity index (χ3v) is 2.96. The molecule has 0 spiro atoms. The number of carbonyl (C=O) groups excluding carboxylic acids is 2. The van der Waals surface area contributed by atoms with E-state index in [1.807, 2.05) is 0 Å². The van der Waals surface area contributed by atoms with Crippen LogP contribution < -0.4 is 10.2 Å². The third-order valence-electron chi connectivity index (χ3n) is 2.96. The van der Waals surface area contributed by atoms with Crippen LogP contribution in [0.15, 0.2) is 12.1 Å². The molecule has 7 heteroatoms. The average molecular weight is 307 g/mol. The summed E-state index contributed by atoms with van der Waals surface area (Å²) in [6.07, 6.45) is 0.0560. The molecule has 2 heterocycles. The summed E-state index contributed by atoms with van der Waals surface area (Å²) in [6.45, 7) is 8.06. The normalized spacial score (nSPS) is 15.3. The zero-order chi connectivity index (χ0) is 16.2. The van der Waals surface area contributed by atoms with E-state index in [0.29, 0.717) is 25.3 Å². The molecule has 1 N–H and O–H groups in total. The predicted molar refractivity (Wildman–Crippen MR) is 82.5 cm³/mol. The maximum absolute atomic E-state index is 11.8. The highest BCUT2D eigenvalue weighted by atomic mass is 16.6. The van der Waals surface area contributed by atoms with Crippen molar-refractivity contribution in [3.8, 4) is 0 Å². The van der Waals surface area contributed by atoms with E-state index in [2.05, 4.69) is 15.2 Å². The number of carbonyl (C=O) groups is 2. The first kappa shape index (κ1) is 16.2. The van der Waals surface area contributed by atoms with Gasteiger partial charge in [-0.2, -0.15) is 0 Å². The Labute approximate surface area is 129 Å². The number of nitrogens with one attached hydrogen (secondary N) is 1. The standard InChI is InChI=1S/C15H21N3O4/c1-15(2,3)22-14(20)17-13-9-12(8-11(10-19)16-13)18-4-6-21-7-5-18/h8-10H,4-7H2,1-3H3,(H,16,17,20). The Morgan fingerprint density at radius 3 is 2.64 bits per heavy atom. The number of nitrogens with zero attached hydrogens (tertiary/aromatic N) is 2. The lowest BCUT2D eigenvalue weighted by Gasteiger charge is -2.29. The summed E-state index contributed by atoms with van der Waals surface area (Å²) in [5, 5.41) is 2.56. The maximum atomic E-state index is 11.8. The van der Waals surface area contributed by atoms with Crippen LogP contribution in [0.1, 0.15) is 31.3 Å². The first-order valence-electron chi connectivity index (χ1n) is 7.17. The van der Waals surface area contributed by atoms with Crippen molar-refractivity contribution in [1.29, 1.82) is 0 Å². The van der Waals surface area contributed by atoms with Crippen LogP contribution in [0.4, 0.5) is 16.3 Å². The Hall–Kier alpha value is -2.15. The van der Waals surface area contributed by atoms with Gasteiger partial charge in [0.1, 0.15) is 17.1 Å². The van der Waals surface area contributed by atoms with Gasteiger partial charge in [0.2, 0.25) is 0 Å². The van der Waals surface area contributed by atoms with Crippen LogP contribution in [-0.4, -0.2) is 49.3 Å². The number of hydrogen-bond donors (Lipinski definition) is 1. The Kier molecular flexibility index (Phi) is 4.97. The fourth-order valence-corrected chi connectivity index (χ4v) is 2.07. The zero-order valence-electron chi connectivity index (χ0n) is 13.1. The van der Waals surface area contributed by atoms with E-state index in [9.17, 15) is 9.59 Å². The molecule has 0 aromatic carbocycles. The van der Waals surface area contributed by atoms with Gasteiger partial charge in [-0.1, -0.05) is 0 Å². The van der Waals surface area contributed by atoms with E-state index in [-0.39, 0.29) is 5.69 Å². The van der Waals surface area contributed by atoms with Crippen LogP contribution in [-0.2, 0) is 9.47 Å². The molecule has 1 amide bonds. The largest absolute Gasteiger partial charge is 0.444 e. The molecular formula is C15H21N3O4. The smallest absolute Gasteiger partial charge is 0.413 e. The molecule has 1 aliphatic rings. The molecule has 0 atom stereocenters. The Morgan fingerprint density at radius 1 is 1.36 bits per heavy atom. The van der Waals surface area contributed by atoms with Crippen molar-refractivity contribution in [3.05, 3.63) is 17.8 Å². The van der Waals surface area contributed by atoms with E-state index in [4.69, 9.17) is 9.47 Å². The molecule has 2 rings (SSSR count). The number of morpholine rings is 1. The monoisotopic (exact) mass is 307 g/mol. The number of hydrogen-bond acceptors (Lipinski definition) is 6. The van der Waals surface area contributed by atoms with Crippen LogP contribution in [0.5, 0.6) is 0 Å². The summed E-state index contributed by atoms with van der Waals surface area (Å²) in [6, 6.07) is 3.42. The van der Waals surface area contributed by atoms with Crippen molar-refractivity contribution in [2.45, 2.75) is 26.4 Å². The van der Waals surface area contributed by atoms with E-state index in [1.165, 1.54) is 0 Å². The summed E-state index contributed by atoms with van der Waals surface area (Å²) in [5.74, 6) is 0.292. The second-order valence-corrected chi connectivity index (χ2v) is 5.98. The number of aromatic nitrogens is 1. The van der Waals surface area contributed by atoms with Gasteiger partial charge < -0.3 is 14.4 Å². The first-order chi connectivity index (χ1) is 10.4. The van der Waals surface area contributed by atoms with Crippen molar-refractivity contribution in [2.24, 2.45) is 0 Å². The quantitative estimate of drug-likeness (QED) is 0.861. The Morgan fingerprint density at radius 2 is 2.05 bits per heavy atom. The molecule has 0 radical (unpaired) electrons. The predicted octanol–water partition coefficient (Wildman–Crippen LogP) is 2.08.